The van der Waals surface area contributed by atoms with Gasteiger partial charge in [-0.3, -0.25) is 4.79 Å². The Morgan fingerprint density at radius 1 is 0.935 bits per heavy atom. The molecule has 2 aromatic rings. The van der Waals surface area contributed by atoms with Crippen LogP contribution in [0, 0.1) is 5.92 Å². The highest BCUT2D eigenvalue weighted by molar-refractivity contribution is 7.89. The molecule has 0 spiro atoms. The predicted molar refractivity (Wildman–Crippen MR) is 118 cm³/mol. The topological polar surface area (TPSA) is 93.7 Å². The Hall–Kier alpha value is -2.58. The van der Waals surface area contributed by atoms with Crippen LogP contribution in [-0.4, -0.2) is 33.6 Å². The first-order valence-corrected chi connectivity index (χ1v) is 12.2. The van der Waals surface area contributed by atoms with Gasteiger partial charge in [-0.15, -0.1) is 0 Å². The number of hydrogen-bond donors (Lipinski definition) is 2. The molecule has 1 aliphatic heterocycles. The molecule has 0 aromatic heterocycles. The van der Waals surface area contributed by atoms with Crippen LogP contribution in [0.15, 0.2) is 41.3 Å². The molecule has 8 heteroatoms. The quantitative estimate of drug-likeness (QED) is 0.713. The van der Waals surface area contributed by atoms with Crippen molar-refractivity contribution in [1.29, 1.82) is 0 Å². The van der Waals surface area contributed by atoms with Crippen molar-refractivity contribution < 1.29 is 22.7 Å². The first-order valence-electron chi connectivity index (χ1n) is 10.7. The molecule has 1 amide bonds. The molecule has 31 heavy (non-hydrogen) atoms. The lowest BCUT2D eigenvalue weighted by atomic mass is 10.0. The minimum Gasteiger partial charge on any atom is -0.490 e. The standard InChI is InChI=1S/C23H28N2O5S/c1-15(2)22(23(26)24-18-8-7-16-5-3-6-17(16)13-18)25-31(27,28)19-9-10-20-21(14-19)30-12-4-11-29-20/h7-10,13-15,22,25H,3-6,11-12H2,1-2H3,(H,24,26)/t22-/m1/s1. The second kappa shape index (κ2) is 8.88. The molecule has 0 saturated carbocycles. The van der Waals surface area contributed by atoms with Crippen LogP contribution in [0.3, 0.4) is 0 Å². The summed E-state index contributed by atoms with van der Waals surface area (Å²) in [6.45, 7) is 4.60. The molecule has 1 atom stereocenters. The summed E-state index contributed by atoms with van der Waals surface area (Å²) in [7, 11) is -3.94. The van der Waals surface area contributed by atoms with E-state index in [1.165, 1.54) is 23.3 Å². The number of fused-ring (bicyclic) bond motifs is 2. The molecule has 2 aliphatic rings. The van der Waals surface area contributed by atoms with Crippen molar-refractivity contribution in [3.63, 3.8) is 0 Å². The van der Waals surface area contributed by atoms with Gasteiger partial charge >= 0.3 is 0 Å². The highest BCUT2D eigenvalue weighted by Crippen LogP contribution is 2.32. The molecule has 0 fully saturated rings. The van der Waals surface area contributed by atoms with Crippen LogP contribution in [0.1, 0.15) is 37.8 Å². The van der Waals surface area contributed by atoms with Crippen molar-refractivity contribution in [2.45, 2.75) is 50.5 Å². The average molecular weight is 445 g/mol. The zero-order valence-electron chi connectivity index (χ0n) is 17.8. The lowest BCUT2D eigenvalue weighted by Gasteiger charge is -2.22. The number of aryl methyl sites for hydroxylation is 2. The van der Waals surface area contributed by atoms with Crippen molar-refractivity contribution in [2.75, 3.05) is 18.5 Å². The minimum absolute atomic E-state index is 0.0349. The summed E-state index contributed by atoms with van der Waals surface area (Å²) in [6, 6.07) is 9.46. The first-order chi connectivity index (χ1) is 14.8. The number of amides is 1. The monoisotopic (exact) mass is 444 g/mol. The minimum atomic E-state index is -3.94. The van der Waals surface area contributed by atoms with E-state index in [2.05, 4.69) is 10.0 Å². The van der Waals surface area contributed by atoms with E-state index in [0.29, 0.717) is 30.4 Å². The Bertz CT molecular complexity index is 1080. The molecule has 0 bridgehead atoms. The molecule has 0 unspecified atom stereocenters. The van der Waals surface area contributed by atoms with E-state index in [9.17, 15) is 13.2 Å². The van der Waals surface area contributed by atoms with E-state index < -0.39 is 16.1 Å². The van der Waals surface area contributed by atoms with Crippen LogP contribution in [0.4, 0.5) is 5.69 Å². The van der Waals surface area contributed by atoms with Crippen molar-refractivity contribution in [3.8, 4) is 11.5 Å². The van der Waals surface area contributed by atoms with Gasteiger partial charge in [-0.2, -0.15) is 4.72 Å². The van der Waals surface area contributed by atoms with Gasteiger partial charge in [0.15, 0.2) is 11.5 Å². The zero-order chi connectivity index (χ0) is 22.0. The SMILES string of the molecule is CC(C)[C@@H](NS(=O)(=O)c1ccc2c(c1)OCCCO2)C(=O)Nc1ccc2c(c1)CCC2. The summed E-state index contributed by atoms with van der Waals surface area (Å²) in [5, 5.41) is 2.87. The molecule has 166 valence electrons. The third kappa shape index (κ3) is 4.85. The van der Waals surface area contributed by atoms with E-state index in [4.69, 9.17) is 9.47 Å². The van der Waals surface area contributed by atoms with Crippen molar-refractivity contribution in [2.24, 2.45) is 5.92 Å². The van der Waals surface area contributed by atoms with E-state index in [1.54, 1.807) is 6.07 Å². The van der Waals surface area contributed by atoms with E-state index in [0.717, 1.165) is 25.7 Å². The highest BCUT2D eigenvalue weighted by Gasteiger charge is 2.29. The van der Waals surface area contributed by atoms with Gasteiger partial charge in [0, 0.05) is 18.2 Å². The van der Waals surface area contributed by atoms with Gasteiger partial charge in [0.05, 0.1) is 18.1 Å². The largest absolute Gasteiger partial charge is 0.490 e. The van der Waals surface area contributed by atoms with Crippen LogP contribution in [0.5, 0.6) is 11.5 Å². The summed E-state index contributed by atoms with van der Waals surface area (Å²) in [5.74, 6) is 0.283. The molecular formula is C23H28N2O5S. The predicted octanol–water partition coefficient (Wildman–Crippen LogP) is 3.28. The van der Waals surface area contributed by atoms with Gasteiger partial charge in [-0.05, 0) is 60.6 Å². The average Bonchev–Trinajstić information content (AvgIpc) is 3.07. The van der Waals surface area contributed by atoms with Crippen molar-refractivity contribution in [1.82, 2.24) is 4.72 Å². The number of hydrogen-bond acceptors (Lipinski definition) is 5. The number of rotatable bonds is 6. The number of anilines is 1. The van der Waals surface area contributed by atoms with Gasteiger partial charge in [-0.25, -0.2) is 8.42 Å². The molecule has 7 nitrogen and oxygen atoms in total. The Morgan fingerprint density at radius 3 is 2.45 bits per heavy atom. The maximum Gasteiger partial charge on any atom is 0.242 e. The Balaban J connectivity index is 1.52. The van der Waals surface area contributed by atoms with Gasteiger partial charge in [0.2, 0.25) is 15.9 Å². The molecular weight excluding hydrogens is 416 g/mol. The van der Waals surface area contributed by atoms with Crippen LogP contribution in [0.2, 0.25) is 0 Å². The number of benzene rings is 2. The van der Waals surface area contributed by atoms with Crippen LogP contribution in [-0.2, 0) is 27.7 Å². The Morgan fingerprint density at radius 2 is 1.68 bits per heavy atom. The maximum absolute atomic E-state index is 13.0. The smallest absolute Gasteiger partial charge is 0.242 e. The second-order valence-electron chi connectivity index (χ2n) is 8.33. The van der Waals surface area contributed by atoms with Gasteiger partial charge in [0.25, 0.3) is 0 Å². The Labute approximate surface area is 183 Å². The zero-order valence-corrected chi connectivity index (χ0v) is 18.6. The Kier molecular flexibility index (Phi) is 6.20. The fraction of sp³-hybridized carbons (Fsp3) is 0.435. The molecule has 0 saturated heterocycles. The summed E-state index contributed by atoms with van der Waals surface area (Å²) in [5.41, 5.74) is 3.24. The lowest BCUT2D eigenvalue weighted by molar-refractivity contribution is -0.118. The fourth-order valence-corrected chi connectivity index (χ4v) is 5.27. The number of sulfonamides is 1. The molecule has 2 N–H and O–H groups in total. The molecule has 0 radical (unpaired) electrons. The van der Waals surface area contributed by atoms with Crippen LogP contribution >= 0.6 is 0 Å². The second-order valence-corrected chi connectivity index (χ2v) is 10.0. The molecule has 1 heterocycles. The third-order valence-corrected chi connectivity index (χ3v) is 7.07. The van der Waals surface area contributed by atoms with Crippen LogP contribution < -0.4 is 19.5 Å². The molecule has 2 aromatic carbocycles. The number of ether oxygens (including phenoxy) is 2. The van der Waals surface area contributed by atoms with Crippen molar-refractivity contribution >= 4 is 21.6 Å². The molecule has 4 rings (SSSR count). The molecule has 1 aliphatic carbocycles. The first kappa shape index (κ1) is 21.6. The van der Waals surface area contributed by atoms with Gasteiger partial charge < -0.3 is 14.8 Å². The van der Waals surface area contributed by atoms with E-state index in [-0.39, 0.29) is 16.7 Å². The summed E-state index contributed by atoms with van der Waals surface area (Å²) >= 11 is 0. The van der Waals surface area contributed by atoms with Crippen LogP contribution in [0.25, 0.3) is 0 Å². The third-order valence-electron chi connectivity index (χ3n) is 5.63. The number of nitrogens with one attached hydrogen (secondary N) is 2. The highest BCUT2D eigenvalue weighted by atomic mass is 32.2. The van der Waals surface area contributed by atoms with Gasteiger partial charge in [-0.1, -0.05) is 19.9 Å². The normalized spacial score (nSPS) is 16.5. The number of carbonyl (C=O) groups is 1. The summed E-state index contributed by atoms with van der Waals surface area (Å²) in [4.78, 5) is 13.0. The van der Waals surface area contributed by atoms with E-state index in [1.807, 2.05) is 32.0 Å². The summed E-state index contributed by atoms with van der Waals surface area (Å²) in [6.07, 6.45) is 3.92. The number of carbonyl (C=O) groups excluding carboxylic acids is 1. The fourth-order valence-electron chi connectivity index (χ4n) is 3.91. The van der Waals surface area contributed by atoms with Gasteiger partial charge in [0.1, 0.15) is 6.04 Å². The lowest BCUT2D eigenvalue weighted by Crippen LogP contribution is -2.47. The van der Waals surface area contributed by atoms with Crippen molar-refractivity contribution in [3.05, 3.63) is 47.5 Å². The maximum atomic E-state index is 13.0. The van der Waals surface area contributed by atoms with E-state index >= 15 is 0 Å². The summed E-state index contributed by atoms with van der Waals surface area (Å²) < 4.78 is 39.8.